The van der Waals surface area contributed by atoms with E-state index in [9.17, 15) is 4.79 Å². The molecule has 0 saturated heterocycles. The summed E-state index contributed by atoms with van der Waals surface area (Å²) in [7, 11) is 0. The van der Waals surface area contributed by atoms with Gasteiger partial charge in [0.1, 0.15) is 5.75 Å². The lowest BCUT2D eigenvalue weighted by Crippen LogP contribution is -2.21. The first-order valence-electron chi connectivity index (χ1n) is 10.2. The Morgan fingerprint density at radius 1 is 1.07 bits per heavy atom. The Morgan fingerprint density at radius 2 is 1.83 bits per heavy atom. The van der Waals surface area contributed by atoms with Gasteiger partial charge in [0.15, 0.2) is 12.4 Å². The number of amides is 1. The van der Waals surface area contributed by atoms with Crippen molar-refractivity contribution >= 4 is 11.6 Å². The van der Waals surface area contributed by atoms with Gasteiger partial charge in [0.2, 0.25) is 0 Å². The number of carbonyl (C=O) groups excluding carboxylic acids is 1. The van der Waals surface area contributed by atoms with Crippen LogP contribution in [0.1, 0.15) is 62.0 Å². The number of para-hydroxylation sites is 1. The molecule has 3 rings (SSSR count). The number of anilines is 1. The number of hydrogen-bond acceptors (Lipinski definition) is 5. The molecule has 0 unspecified atom stereocenters. The highest BCUT2D eigenvalue weighted by Gasteiger charge is 2.18. The molecule has 0 radical (unpaired) electrons. The van der Waals surface area contributed by atoms with E-state index in [1.54, 1.807) is 0 Å². The van der Waals surface area contributed by atoms with Crippen molar-refractivity contribution in [1.29, 1.82) is 0 Å². The molecule has 0 saturated carbocycles. The van der Waals surface area contributed by atoms with E-state index in [2.05, 4.69) is 42.3 Å². The van der Waals surface area contributed by atoms with E-state index in [-0.39, 0.29) is 18.4 Å². The van der Waals surface area contributed by atoms with E-state index in [4.69, 9.17) is 9.26 Å². The minimum Gasteiger partial charge on any atom is -0.484 e. The van der Waals surface area contributed by atoms with E-state index in [1.807, 2.05) is 51.1 Å². The molecule has 1 aromatic heterocycles. The van der Waals surface area contributed by atoms with E-state index in [0.29, 0.717) is 34.6 Å². The number of aromatic nitrogens is 2. The number of rotatable bonds is 7. The van der Waals surface area contributed by atoms with Gasteiger partial charge in [-0.25, -0.2) is 0 Å². The molecule has 30 heavy (non-hydrogen) atoms. The predicted molar refractivity (Wildman–Crippen MR) is 118 cm³/mol. The molecule has 0 bridgehead atoms. The van der Waals surface area contributed by atoms with E-state index in [1.165, 1.54) is 5.56 Å². The van der Waals surface area contributed by atoms with Gasteiger partial charge in [0, 0.05) is 5.92 Å². The van der Waals surface area contributed by atoms with E-state index in [0.717, 1.165) is 11.1 Å². The normalized spacial score (nSPS) is 11.2. The van der Waals surface area contributed by atoms with Gasteiger partial charge in [-0.3, -0.25) is 4.79 Å². The van der Waals surface area contributed by atoms with Crippen molar-refractivity contribution in [3.05, 3.63) is 58.9 Å². The monoisotopic (exact) mass is 407 g/mol. The highest BCUT2D eigenvalue weighted by molar-refractivity contribution is 5.96. The summed E-state index contributed by atoms with van der Waals surface area (Å²) in [6, 6.07) is 11.6. The smallest absolute Gasteiger partial charge is 0.262 e. The minimum atomic E-state index is -0.250. The van der Waals surface area contributed by atoms with Crippen LogP contribution in [0.25, 0.3) is 11.5 Å². The summed E-state index contributed by atoms with van der Waals surface area (Å²) in [5.41, 5.74) is 4.68. The van der Waals surface area contributed by atoms with Crippen LogP contribution in [0, 0.1) is 13.8 Å². The van der Waals surface area contributed by atoms with Gasteiger partial charge in [-0.1, -0.05) is 51.1 Å². The second kappa shape index (κ2) is 9.11. The van der Waals surface area contributed by atoms with Crippen molar-refractivity contribution < 1.29 is 14.1 Å². The molecule has 1 N–H and O–H groups in total. The topological polar surface area (TPSA) is 77.2 Å². The van der Waals surface area contributed by atoms with Gasteiger partial charge < -0.3 is 14.6 Å². The van der Waals surface area contributed by atoms with Crippen molar-refractivity contribution in [2.45, 2.75) is 53.4 Å². The molecule has 1 heterocycles. The average Bonchev–Trinajstić information content (AvgIpc) is 3.18. The fraction of sp³-hybridized carbons (Fsp3) is 0.375. The molecule has 6 heteroatoms. The van der Waals surface area contributed by atoms with Crippen molar-refractivity contribution in [2.24, 2.45) is 0 Å². The maximum Gasteiger partial charge on any atom is 0.262 e. The highest BCUT2D eigenvalue weighted by Crippen LogP contribution is 2.30. The molecule has 3 aromatic rings. The summed E-state index contributed by atoms with van der Waals surface area (Å²) in [4.78, 5) is 17.0. The van der Waals surface area contributed by atoms with Gasteiger partial charge in [-0.15, -0.1) is 0 Å². The van der Waals surface area contributed by atoms with Crippen LogP contribution >= 0.6 is 0 Å². The van der Waals surface area contributed by atoms with Gasteiger partial charge in [0.25, 0.3) is 11.8 Å². The van der Waals surface area contributed by atoms with Crippen LogP contribution in [-0.4, -0.2) is 22.7 Å². The van der Waals surface area contributed by atoms with Crippen molar-refractivity contribution in [3.8, 4) is 17.2 Å². The minimum absolute atomic E-state index is 0.0880. The van der Waals surface area contributed by atoms with Crippen LogP contribution in [0.4, 0.5) is 5.69 Å². The maximum absolute atomic E-state index is 12.6. The highest BCUT2D eigenvalue weighted by atomic mass is 16.5. The second-order valence-electron chi connectivity index (χ2n) is 8.12. The third-order valence-electron chi connectivity index (χ3n) is 4.96. The van der Waals surface area contributed by atoms with Crippen molar-refractivity contribution in [1.82, 2.24) is 10.1 Å². The van der Waals surface area contributed by atoms with Crippen LogP contribution in [0.2, 0.25) is 0 Å². The quantitative estimate of drug-likeness (QED) is 0.550. The van der Waals surface area contributed by atoms with Gasteiger partial charge >= 0.3 is 0 Å². The van der Waals surface area contributed by atoms with Crippen molar-refractivity contribution in [2.75, 3.05) is 11.9 Å². The lowest BCUT2D eigenvalue weighted by atomic mass is 9.98. The van der Waals surface area contributed by atoms with Gasteiger partial charge in [0.05, 0.1) is 11.3 Å². The molecule has 0 aliphatic carbocycles. The van der Waals surface area contributed by atoms with Gasteiger partial charge in [-0.05, 0) is 54.7 Å². The molecule has 0 spiro atoms. The van der Waals surface area contributed by atoms with E-state index < -0.39 is 0 Å². The first kappa shape index (κ1) is 21.6. The first-order valence-corrected chi connectivity index (χ1v) is 10.2. The van der Waals surface area contributed by atoms with Gasteiger partial charge in [-0.2, -0.15) is 4.98 Å². The summed E-state index contributed by atoms with van der Waals surface area (Å²) >= 11 is 0. The molecule has 0 aliphatic heterocycles. The first-order chi connectivity index (χ1) is 14.3. The van der Waals surface area contributed by atoms with Crippen LogP contribution in [0.3, 0.4) is 0 Å². The zero-order valence-electron chi connectivity index (χ0n) is 18.4. The average molecular weight is 408 g/mol. The number of hydrogen-bond donors (Lipinski definition) is 1. The van der Waals surface area contributed by atoms with Crippen LogP contribution < -0.4 is 10.1 Å². The maximum atomic E-state index is 12.6. The SMILES string of the molecule is Cc1cc(OCC(=O)Nc2c(C)cccc2-c2nc(C(C)C)no2)ccc1C(C)C. The molecule has 0 atom stereocenters. The molecule has 0 fully saturated rings. The van der Waals surface area contributed by atoms with Crippen LogP contribution in [0.5, 0.6) is 5.75 Å². The van der Waals surface area contributed by atoms with E-state index >= 15 is 0 Å². The molecular weight excluding hydrogens is 378 g/mol. The predicted octanol–water partition coefficient (Wildman–Crippen LogP) is 5.62. The molecule has 1 amide bonds. The Balaban J connectivity index is 1.73. The lowest BCUT2D eigenvalue weighted by Gasteiger charge is -2.14. The summed E-state index contributed by atoms with van der Waals surface area (Å²) < 4.78 is 11.1. The zero-order valence-corrected chi connectivity index (χ0v) is 18.4. The third kappa shape index (κ3) is 4.87. The van der Waals surface area contributed by atoms with Crippen molar-refractivity contribution in [3.63, 3.8) is 0 Å². The fourth-order valence-electron chi connectivity index (χ4n) is 3.30. The number of ether oxygens (including phenoxy) is 1. The standard InChI is InChI=1S/C24H29N3O3/c1-14(2)19-11-10-18(12-17(19)6)29-13-21(28)25-22-16(5)8-7-9-20(22)24-26-23(15(3)4)27-30-24/h7-12,14-15H,13H2,1-6H3,(H,25,28). The van der Waals surface area contributed by atoms with Crippen LogP contribution in [0.15, 0.2) is 40.9 Å². The summed E-state index contributed by atoms with van der Waals surface area (Å²) in [5, 5.41) is 6.96. The number of aryl methyl sites for hydroxylation is 2. The molecule has 6 nitrogen and oxygen atoms in total. The number of carbonyl (C=O) groups is 1. The molecule has 2 aromatic carbocycles. The Labute approximate surface area is 177 Å². The third-order valence-corrected chi connectivity index (χ3v) is 4.96. The Bertz CT molecular complexity index is 1040. The summed E-state index contributed by atoms with van der Waals surface area (Å²) in [6.07, 6.45) is 0. The summed E-state index contributed by atoms with van der Waals surface area (Å²) in [6.45, 7) is 12.2. The largest absolute Gasteiger partial charge is 0.484 e. The molecule has 0 aliphatic rings. The fourth-order valence-corrected chi connectivity index (χ4v) is 3.30. The second-order valence-corrected chi connectivity index (χ2v) is 8.12. The Hall–Kier alpha value is -3.15. The van der Waals surface area contributed by atoms with Crippen LogP contribution in [-0.2, 0) is 4.79 Å². The Kier molecular flexibility index (Phi) is 6.55. The number of nitrogens with one attached hydrogen (secondary N) is 1. The molecular formula is C24H29N3O3. The molecule has 158 valence electrons. The number of nitrogens with zero attached hydrogens (tertiary/aromatic N) is 2. The zero-order chi connectivity index (χ0) is 21.8. The lowest BCUT2D eigenvalue weighted by molar-refractivity contribution is -0.118. The number of benzene rings is 2. The Morgan fingerprint density at radius 3 is 2.47 bits per heavy atom. The summed E-state index contributed by atoms with van der Waals surface area (Å²) in [5.74, 6) is 2.05.